The molecule has 38 heavy (non-hydrogen) atoms. The number of hydroxylamine groups is 2. The van der Waals surface area contributed by atoms with Crippen LogP contribution in [0.15, 0.2) is 60.7 Å². The molecule has 0 aliphatic carbocycles. The second-order valence-electron chi connectivity index (χ2n) is 8.26. The molecule has 1 atom stereocenters. The molecule has 1 aliphatic heterocycles. The van der Waals surface area contributed by atoms with Crippen molar-refractivity contribution in [2.75, 3.05) is 26.4 Å². The van der Waals surface area contributed by atoms with E-state index < -0.39 is 24.5 Å². The molecule has 0 saturated heterocycles. The Balaban J connectivity index is 0.00000400. The molecule has 1 unspecified atom stereocenters. The number of ether oxygens (including phenoxy) is 2. The number of nitrogens with zero attached hydrogens (tertiary/aromatic N) is 1. The third-order valence-electron chi connectivity index (χ3n) is 5.79. The predicted molar refractivity (Wildman–Crippen MR) is 134 cm³/mol. The monoisotopic (exact) mass is 569 g/mol. The first-order valence-electron chi connectivity index (χ1n) is 11.6. The van der Waals surface area contributed by atoms with Crippen LogP contribution in [0, 0.1) is 0 Å². The number of hydrogen-bond acceptors (Lipinski definition) is 6. The van der Waals surface area contributed by atoms with Gasteiger partial charge in [0.1, 0.15) is 30.5 Å². The van der Waals surface area contributed by atoms with Crippen LogP contribution in [0.3, 0.4) is 0 Å². The number of fused-ring (bicyclic) bond motifs is 1. The summed E-state index contributed by atoms with van der Waals surface area (Å²) < 4.78 is 24.2. The molecule has 3 aromatic carbocycles. The molecule has 1 aliphatic rings. The molecule has 0 fully saturated rings. The zero-order chi connectivity index (χ0) is 26.4. The number of alkyl halides is 1. The summed E-state index contributed by atoms with van der Waals surface area (Å²) >= 11 is 12.3. The van der Waals surface area contributed by atoms with E-state index in [1.165, 1.54) is 12.1 Å². The van der Waals surface area contributed by atoms with Crippen molar-refractivity contribution in [1.29, 1.82) is 0 Å². The van der Waals surface area contributed by atoms with E-state index in [0.29, 0.717) is 40.5 Å². The van der Waals surface area contributed by atoms with Crippen molar-refractivity contribution < 1.29 is 63.0 Å². The summed E-state index contributed by atoms with van der Waals surface area (Å²) in [6.07, 6.45) is 0.793. The molecular weight excluding hydrogens is 547 g/mol. The SMILES string of the molecule is O=C([O-])C1CCOc2cc(Oc3ccc(C(=O)N(CCc4ccc(Cl)cc4)OCCF)cc3)c(Cl)cc21.[Na+]. The van der Waals surface area contributed by atoms with Gasteiger partial charge in [0.15, 0.2) is 0 Å². The Hall–Kier alpha value is -2.33. The Morgan fingerprint density at radius 3 is 2.45 bits per heavy atom. The van der Waals surface area contributed by atoms with Crippen molar-refractivity contribution in [2.45, 2.75) is 18.8 Å². The van der Waals surface area contributed by atoms with Crippen molar-refractivity contribution >= 4 is 35.1 Å². The van der Waals surface area contributed by atoms with E-state index in [0.717, 1.165) is 10.6 Å². The van der Waals surface area contributed by atoms with Gasteiger partial charge in [-0.2, -0.15) is 0 Å². The second-order valence-corrected chi connectivity index (χ2v) is 9.11. The average molecular weight is 570 g/mol. The van der Waals surface area contributed by atoms with Crippen LogP contribution < -0.4 is 44.1 Å². The maximum atomic E-state index is 13.0. The van der Waals surface area contributed by atoms with Gasteiger partial charge in [-0.15, -0.1) is 0 Å². The number of benzene rings is 3. The third-order valence-corrected chi connectivity index (χ3v) is 6.33. The number of carbonyl (C=O) groups excluding carboxylic acids is 2. The molecule has 0 bridgehead atoms. The van der Waals surface area contributed by atoms with Crippen LogP contribution >= 0.6 is 23.2 Å². The maximum absolute atomic E-state index is 13.0. The molecule has 0 saturated carbocycles. The van der Waals surface area contributed by atoms with Gasteiger partial charge in [-0.1, -0.05) is 35.3 Å². The fourth-order valence-electron chi connectivity index (χ4n) is 3.90. The summed E-state index contributed by atoms with van der Waals surface area (Å²) in [6, 6.07) is 16.5. The van der Waals surface area contributed by atoms with Crippen LogP contribution in [0.2, 0.25) is 10.0 Å². The number of hydrogen-bond donors (Lipinski definition) is 0. The van der Waals surface area contributed by atoms with Crippen molar-refractivity contribution in [2.24, 2.45) is 0 Å². The number of carboxylic acid groups (broad SMARTS) is 1. The van der Waals surface area contributed by atoms with Crippen molar-refractivity contribution in [3.05, 3.63) is 87.4 Å². The van der Waals surface area contributed by atoms with Gasteiger partial charge in [-0.3, -0.25) is 9.63 Å². The van der Waals surface area contributed by atoms with E-state index in [4.69, 9.17) is 37.5 Å². The van der Waals surface area contributed by atoms with E-state index in [2.05, 4.69) is 0 Å². The van der Waals surface area contributed by atoms with Gasteiger partial charge in [0, 0.05) is 34.1 Å². The summed E-state index contributed by atoms with van der Waals surface area (Å²) in [5.41, 5.74) is 1.71. The average Bonchev–Trinajstić information content (AvgIpc) is 2.90. The molecule has 1 heterocycles. The van der Waals surface area contributed by atoms with E-state index >= 15 is 0 Å². The Bertz CT molecular complexity index is 1260. The van der Waals surface area contributed by atoms with Gasteiger partial charge >= 0.3 is 29.6 Å². The number of aliphatic carboxylic acids is 1. The minimum Gasteiger partial charge on any atom is -0.549 e. The summed E-state index contributed by atoms with van der Waals surface area (Å²) in [5.74, 6) is -1.39. The molecule has 194 valence electrons. The zero-order valence-electron chi connectivity index (χ0n) is 20.6. The first kappa shape index (κ1) is 30.2. The molecule has 4 rings (SSSR count). The number of rotatable bonds is 10. The molecule has 0 N–H and O–H groups in total. The van der Waals surface area contributed by atoms with Gasteiger partial charge in [0.2, 0.25) is 0 Å². The largest absolute Gasteiger partial charge is 1.00 e. The van der Waals surface area contributed by atoms with Gasteiger partial charge in [-0.25, -0.2) is 9.45 Å². The molecule has 0 radical (unpaired) electrons. The van der Waals surface area contributed by atoms with Crippen LogP contribution in [-0.2, 0) is 16.1 Å². The fraction of sp³-hybridized carbons (Fsp3) is 0.259. The first-order chi connectivity index (χ1) is 17.9. The van der Waals surface area contributed by atoms with Crippen molar-refractivity contribution in [3.8, 4) is 17.2 Å². The smallest absolute Gasteiger partial charge is 0.549 e. The van der Waals surface area contributed by atoms with Crippen LogP contribution in [0.5, 0.6) is 17.2 Å². The summed E-state index contributed by atoms with van der Waals surface area (Å²) in [7, 11) is 0. The van der Waals surface area contributed by atoms with Gasteiger partial charge in [0.25, 0.3) is 5.91 Å². The Labute approximate surface area is 251 Å². The molecule has 0 spiro atoms. The van der Waals surface area contributed by atoms with Gasteiger partial charge in [0.05, 0.1) is 18.2 Å². The van der Waals surface area contributed by atoms with Crippen LogP contribution in [0.1, 0.15) is 33.8 Å². The summed E-state index contributed by atoms with van der Waals surface area (Å²) in [6.45, 7) is -0.517. The predicted octanol–water partition coefficient (Wildman–Crippen LogP) is 1.99. The molecule has 3 aromatic rings. The fourth-order valence-corrected chi connectivity index (χ4v) is 4.24. The number of amides is 1. The van der Waals surface area contributed by atoms with E-state index in [1.807, 2.05) is 12.1 Å². The van der Waals surface area contributed by atoms with Gasteiger partial charge in [-0.05, 0) is 60.9 Å². The molecule has 7 nitrogen and oxygen atoms in total. The molecule has 11 heteroatoms. The standard InChI is InChI=1S/C27H24Cl2FNO6.Na/c28-19-5-1-17(2-6-19)9-12-31(36-14-11-30)26(32)18-3-7-20(8-4-18)37-25-16-24-22(15-23(25)29)21(27(33)34)10-13-35-24;/h1-8,15-16,21H,9-14H2,(H,33,34);/q;+1/p-1. The minimum absolute atomic E-state index is 0. The molecule has 0 aromatic heterocycles. The van der Waals surface area contributed by atoms with E-state index in [1.54, 1.807) is 36.4 Å². The minimum atomic E-state index is -1.19. The normalized spacial score (nSPS) is 14.0. The molecular formula is C27H23Cl2FNNaO6. The van der Waals surface area contributed by atoms with Crippen LogP contribution in [0.4, 0.5) is 4.39 Å². The summed E-state index contributed by atoms with van der Waals surface area (Å²) in [4.78, 5) is 29.8. The van der Waals surface area contributed by atoms with E-state index in [-0.39, 0.29) is 60.1 Å². The van der Waals surface area contributed by atoms with Crippen LogP contribution in [-0.4, -0.2) is 43.4 Å². The second kappa shape index (κ2) is 14.2. The Kier molecular flexibility index (Phi) is 11.3. The number of carboxylic acids is 1. The number of carbonyl (C=O) groups is 2. The summed E-state index contributed by atoms with van der Waals surface area (Å²) in [5, 5.41) is 13.4. The molecule has 1 amide bonds. The van der Waals surface area contributed by atoms with Crippen LogP contribution in [0.25, 0.3) is 0 Å². The maximum Gasteiger partial charge on any atom is 1.00 e. The van der Waals surface area contributed by atoms with E-state index in [9.17, 15) is 19.1 Å². The Morgan fingerprint density at radius 1 is 1.08 bits per heavy atom. The topological polar surface area (TPSA) is 88.1 Å². The third kappa shape index (κ3) is 7.62. The first-order valence-corrected chi connectivity index (χ1v) is 12.3. The quantitative estimate of drug-likeness (QED) is 0.274. The number of halogens is 3. The van der Waals surface area contributed by atoms with Crippen molar-refractivity contribution in [3.63, 3.8) is 0 Å². The Morgan fingerprint density at radius 2 is 1.79 bits per heavy atom. The zero-order valence-corrected chi connectivity index (χ0v) is 24.1. The van der Waals surface area contributed by atoms with Gasteiger partial charge < -0.3 is 19.4 Å². The van der Waals surface area contributed by atoms with Crippen molar-refractivity contribution in [1.82, 2.24) is 5.06 Å².